The van der Waals surface area contributed by atoms with E-state index in [1.54, 1.807) is 0 Å². The van der Waals surface area contributed by atoms with Crippen LogP contribution in [-0.4, -0.2) is 68.5 Å². The molecular weight excluding hydrogens is 828 g/mol. The van der Waals surface area contributed by atoms with Gasteiger partial charge in [-0.05, 0) is 12.8 Å². The number of aliphatic hydroxyl groups is 1. The predicted molar refractivity (Wildman–Crippen MR) is 279 cm³/mol. The van der Waals surface area contributed by atoms with E-state index in [0.29, 0.717) is 23.9 Å². The maximum Gasteiger partial charge on any atom is 0.268 e. The van der Waals surface area contributed by atoms with Crippen molar-refractivity contribution in [2.75, 3.05) is 40.9 Å². The van der Waals surface area contributed by atoms with Crippen molar-refractivity contribution < 1.29 is 32.9 Å². The maximum absolute atomic E-state index is 12.9. The molecule has 0 aromatic rings. The van der Waals surface area contributed by atoms with Crippen molar-refractivity contribution in [1.82, 2.24) is 5.32 Å². The molecule has 390 valence electrons. The number of rotatable bonds is 54. The first-order valence-corrected chi connectivity index (χ1v) is 30.3. The normalized spacial score (nSPS) is 13.9. The fourth-order valence-corrected chi connectivity index (χ4v) is 9.77. The molecule has 0 radical (unpaired) electrons. The van der Waals surface area contributed by atoms with E-state index in [1.165, 1.54) is 238 Å². The third-order valence-electron chi connectivity index (χ3n) is 13.6. The van der Waals surface area contributed by atoms with Gasteiger partial charge >= 0.3 is 0 Å². The number of hydrogen-bond acceptors (Lipinski definition) is 6. The Morgan fingerprint density at radius 1 is 0.477 bits per heavy atom. The summed E-state index contributed by atoms with van der Waals surface area (Å²) in [7, 11) is 1.32. The van der Waals surface area contributed by atoms with Gasteiger partial charge in [0.05, 0.1) is 39.9 Å². The van der Waals surface area contributed by atoms with Crippen molar-refractivity contribution in [3.8, 4) is 0 Å². The number of phosphoric ester groups is 1. The molecule has 0 aromatic heterocycles. The number of carbonyl (C=O) groups excluding carboxylic acids is 1. The molecule has 65 heavy (non-hydrogen) atoms. The number of aliphatic hydroxyl groups excluding tert-OH is 1. The highest BCUT2D eigenvalue weighted by Gasteiger charge is 2.24. The average molecular weight is 944 g/mol. The zero-order valence-electron chi connectivity index (χ0n) is 44.5. The van der Waals surface area contributed by atoms with Crippen LogP contribution in [0.5, 0.6) is 0 Å². The van der Waals surface area contributed by atoms with E-state index in [0.717, 1.165) is 38.5 Å². The molecule has 0 aliphatic rings. The molecule has 0 saturated heterocycles. The van der Waals surface area contributed by atoms with Crippen LogP contribution in [0.15, 0.2) is 0 Å². The van der Waals surface area contributed by atoms with Gasteiger partial charge in [0.2, 0.25) is 5.91 Å². The number of unbranched alkanes of at least 4 members (excludes halogenated alkanes) is 41. The Morgan fingerprint density at radius 2 is 0.754 bits per heavy atom. The largest absolute Gasteiger partial charge is 0.756 e. The molecule has 0 spiro atoms. The van der Waals surface area contributed by atoms with Gasteiger partial charge in [-0.25, -0.2) is 0 Å². The summed E-state index contributed by atoms with van der Waals surface area (Å²) in [6, 6.07) is -0.794. The minimum absolute atomic E-state index is 0.0163. The van der Waals surface area contributed by atoms with E-state index in [-0.39, 0.29) is 19.1 Å². The third kappa shape index (κ3) is 51.2. The Balaban J connectivity index is 3.93. The van der Waals surface area contributed by atoms with E-state index < -0.39 is 20.0 Å². The zero-order chi connectivity index (χ0) is 47.8. The van der Waals surface area contributed by atoms with Crippen LogP contribution >= 0.6 is 7.82 Å². The van der Waals surface area contributed by atoms with E-state index in [1.807, 2.05) is 21.1 Å². The summed E-state index contributed by atoms with van der Waals surface area (Å²) in [6.07, 6.45) is 57.3. The van der Waals surface area contributed by atoms with Crippen molar-refractivity contribution in [2.24, 2.45) is 0 Å². The fraction of sp³-hybridized carbons (Fsp3) is 0.982. The Hall–Kier alpha value is -0.500. The number of nitrogens with one attached hydrogen (secondary N) is 1. The van der Waals surface area contributed by atoms with Gasteiger partial charge in [0, 0.05) is 6.42 Å². The van der Waals surface area contributed by atoms with Gasteiger partial charge in [-0.1, -0.05) is 284 Å². The van der Waals surface area contributed by atoms with Gasteiger partial charge in [-0.2, -0.15) is 0 Å². The molecule has 0 aliphatic heterocycles. The average Bonchev–Trinajstić information content (AvgIpc) is 3.26. The van der Waals surface area contributed by atoms with E-state index in [4.69, 9.17) is 9.05 Å². The first-order valence-electron chi connectivity index (χ1n) is 28.9. The molecule has 3 atom stereocenters. The maximum atomic E-state index is 12.9. The molecular formula is C56H115N2O6P. The Labute approximate surface area is 406 Å². The summed E-state index contributed by atoms with van der Waals surface area (Å²) in [4.78, 5) is 25.4. The van der Waals surface area contributed by atoms with Crippen LogP contribution in [0.25, 0.3) is 0 Å². The van der Waals surface area contributed by atoms with E-state index in [2.05, 4.69) is 19.2 Å². The molecule has 0 fully saturated rings. The summed E-state index contributed by atoms with van der Waals surface area (Å²) in [5.74, 6) is -0.158. The summed E-state index contributed by atoms with van der Waals surface area (Å²) in [5.41, 5.74) is 0. The standard InChI is InChI=1S/C56H115N2O6P/c1-6-8-10-12-14-16-18-20-21-22-23-24-25-26-27-28-29-30-31-32-33-34-35-36-37-38-40-42-44-46-48-50-56(60)57-54(53-64-65(61,62)63-52-51-58(3,4)5)55(59)49-47-45-43-41-39-19-17-15-13-11-9-7-2/h54-55,59H,6-53H2,1-5H3,(H-,57,60,61,62)/t54-,55+/m0/s1. The van der Waals surface area contributed by atoms with Gasteiger partial charge < -0.3 is 28.8 Å². The lowest BCUT2D eigenvalue weighted by atomic mass is 10.0. The number of likely N-dealkylation sites (N-methyl/N-ethyl adjacent to an activating group) is 1. The fourth-order valence-electron chi connectivity index (χ4n) is 9.04. The molecule has 0 saturated carbocycles. The predicted octanol–water partition coefficient (Wildman–Crippen LogP) is 16.6. The van der Waals surface area contributed by atoms with Gasteiger partial charge in [0.25, 0.3) is 7.82 Å². The minimum Gasteiger partial charge on any atom is -0.756 e. The lowest BCUT2D eigenvalue weighted by molar-refractivity contribution is -0.870. The summed E-state index contributed by atoms with van der Waals surface area (Å²) >= 11 is 0. The number of phosphoric acid groups is 1. The number of hydrogen-bond donors (Lipinski definition) is 2. The van der Waals surface area contributed by atoms with Crippen LogP contribution in [0.3, 0.4) is 0 Å². The van der Waals surface area contributed by atoms with Gasteiger partial charge in [0.15, 0.2) is 0 Å². The quantitative estimate of drug-likeness (QED) is 0.0357. The molecule has 0 bridgehead atoms. The lowest BCUT2D eigenvalue weighted by Gasteiger charge is -2.30. The molecule has 9 heteroatoms. The SMILES string of the molecule is CCCCCCCCCCCCCCCCCCCCCCCCCCCCCCCCCC(=O)N[C@@H](COP(=O)([O-])OCC[N+](C)(C)C)[C@H](O)CCCCCCCCCCCCCC. The van der Waals surface area contributed by atoms with Crippen LogP contribution in [0.2, 0.25) is 0 Å². The third-order valence-corrected chi connectivity index (χ3v) is 14.6. The Bertz CT molecular complexity index is 1030. The molecule has 0 aromatic carbocycles. The van der Waals surface area contributed by atoms with Crippen molar-refractivity contribution in [2.45, 2.75) is 315 Å². The highest BCUT2D eigenvalue weighted by atomic mass is 31.2. The first kappa shape index (κ1) is 64.5. The Morgan fingerprint density at radius 3 is 1.05 bits per heavy atom. The van der Waals surface area contributed by atoms with Crippen molar-refractivity contribution in [1.29, 1.82) is 0 Å². The summed E-state index contributed by atoms with van der Waals surface area (Å²) < 4.78 is 23.4. The molecule has 0 heterocycles. The lowest BCUT2D eigenvalue weighted by Crippen LogP contribution is -2.46. The monoisotopic (exact) mass is 943 g/mol. The van der Waals surface area contributed by atoms with Crippen molar-refractivity contribution >= 4 is 13.7 Å². The number of quaternary nitrogens is 1. The van der Waals surface area contributed by atoms with Crippen molar-refractivity contribution in [3.63, 3.8) is 0 Å². The number of carbonyl (C=O) groups is 1. The number of nitrogens with zero attached hydrogens (tertiary/aromatic N) is 1. The summed E-state index contributed by atoms with van der Waals surface area (Å²) in [5, 5.41) is 14.0. The summed E-state index contributed by atoms with van der Waals surface area (Å²) in [6.45, 7) is 4.76. The number of amides is 1. The smallest absolute Gasteiger partial charge is 0.268 e. The second kappa shape index (κ2) is 48.5. The van der Waals surface area contributed by atoms with E-state index >= 15 is 0 Å². The second-order valence-corrected chi connectivity index (χ2v) is 22.8. The first-order chi connectivity index (χ1) is 31.5. The van der Waals surface area contributed by atoms with Crippen LogP contribution in [-0.2, 0) is 18.4 Å². The molecule has 0 rings (SSSR count). The molecule has 1 unspecified atom stereocenters. The van der Waals surface area contributed by atoms with Crippen LogP contribution in [0, 0.1) is 0 Å². The van der Waals surface area contributed by atoms with E-state index in [9.17, 15) is 19.4 Å². The van der Waals surface area contributed by atoms with Gasteiger partial charge in [0.1, 0.15) is 13.2 Å². The second-order valence-electron chi connectivity index (χ2n) is 21.4. The Kier molecular flexibility index (Phi) is 48.1. The zero-order valence-corrected chi connectivity index (χ0v) is 45.4. The molecule has 8 nitrogen and oxygen atoms in total. The van der Waals surface area contributed by atoms with Crippen LogP contribution in [0.1, 0.15) is 303 Å². The highest BCUT2D eigenvalue weighted by Crippen LogP contribution is 2.38. The molecule has 0 aliphatic carbocycles. The van der Waals surface area contributed by atoms with Crippen molar-refractivity contribution in [3.05, 3.63) is 0 Å². The molecule has 2 N–H and O–H groups in total. The highest BCUT2D eigenvalue weighted by molar-refractivity contribution is 7.45. The topological polar surface area (TPSA) is 108 Å². The van der Waals surface area contributed by atoms with Gasteiger partial charge in [-0.3, -0.25) is 9.36 Å². The minimum atomic E-state index is -4.56. The molecule has 1 amide bonds. The van der Waals surface area contributed by atoms with Crippen LogP contribution < -0.4 is 10.2 Å². The van der Waals surface area contributed by atoms with Gasteiger partial charge in [-0.15, -0.1) is 0 Å². The van der Waals surface area contributed by atoms with Crippen LogP contribution in [0.4, 0.5) is 0 Å².